The van der Waals surface area contributed by atoms with E-state index >= 15 is 0 Å². The van der Waals surface area contributed by atoms with E-state index in [9.17, 15) is 14.4 Å². The van der Waals surface area contributed by atoms with Crippen molar-refractivity contribution in [1.82, 2.24) is 9.88 Å². The number of nitrogens with one attached hydrogen (secondary N) is 1. The predicted octanol–water partition coefficient (Wildman–Crippen LogP) is 1.33. The van der Waals surface area contributed by atoms with Gasteiger partial charge in [-0.25, -0.2) is 14.6 Å². The summed E-state index contributed by atoms with van der Waals surface area (Å²) in [4.78, 5) is 42.7. The molecule has 140 valence electrons. The first-order valence-electron chi connectivity index (χ1n) is 8.18. The van der Waals surface area contributed by atoms with E-state index in [1.54, 1.807) is 32.9 Å². The number of hydrogen-bond acceptors (Lipinski definition) is 7. The Morgan fingerprint density at radius 2 is 2.15 bits per heavy atom. The number of aromatic nitrogens is 1. The molecule has 0 radical (unpaired) electrons. The van der Waals surface area contributed by atoms with Crippen LogP contribution in [0.1, 0.15) is 27.2 Å². The van der Waals surface area contributed by atoms with Crippen LogP contribution in [0.15, 0.2) is 18.3 Å². The number of fused-ring (bicyclic) bond motifs is 1. The second kappa shape index (κ2) is 6.15. The average Bonchev–Trinajstić information content (AvgIpc) is 2.94. The molecule has 9 nitrogen and oxygen atoms in total. The molecule has 0 aliphatic carbocycles. The molecule has 1 saturated heterocycles. The third-order valence-corrected chi connectivity index (χ3v) is 4.15. The van der Waals surface area contributed by atoms with E-state index in [-0.39, 0.29) is 18.8 Å². The smallest absolute Gasteiger partial charge is 0.411 e. The van der Waals surface area contributed by atoms with E-state index in [1.807, 2.05) is 0 Å². The largest absolute Gasteiger partial charge is 0.467 e. The summed E-state index contributed by atoms with van der Waals surface area (Å²) < 4.78 is 16.0. The molecule has 2 unspecified atom stereocenters. The third kappa shape index (κ3) is 3.16. The second-order valence-electron chi connectivity index (χ2n) is 7.26. The molecule has 1 aromatic heterocycles. The van der Waals surface area contributed by atoms with E-state index in [2.05, 4.69) is 10.3 Å². The summed E-state index contributed by atoms with van der Waals surface area (Å²) in [6.07, 6.45) is 0.761. The van der Waals surface area contributed by atoms with Crippen molar-refractivity contribution in [2.24, 2.45) is 0 Å². The fourth-order valence-corrected chi connectivity index (χ4v) is 3.00. The van der Waals surface area contributed by atoms with Crippen molar-refractivity contribution in [1.29, 1.82) is 0 Å². The first kappa shape index (κ1) is 18.0. The van der Waals surface area contributed by atoms with Gasteiger partial charge in [0.25, 0.3) is 5.91 Å². The topological polar surface area (TPSA) is 107 Å². The molecule has 0 bridgehead atoms. The van der Waals surface area contributed by atoms with E-state index in [0.29, 0.717) is 5.69 Å². The quantitative estimate of drug-likeness (QED) is 0.750. The van der Waals surface area contributed by atoms with Gasteiger partial charge in [0.15, 0.2) is 0 Å². The lowest BCUT2D eigenvalue weighted by molar-refractivity contribution is -0.145. The zero-order chi connectivity index (χ0) is 19.1. The van der Waals surface area contributed by atoms with Crippen molar-refractivity contribution >= 4 is 23.7 Å². The van der Waals surface area contributed by atoms with E-state index < -0.39 is 35.2 Å². The molecular formula is C17H21N3O6. The van der Waals surface area contributed by atoms with Crippen molar-refractivity contribution < 1.29 is 28.6 Å². The van der Waals surface area contributed by atoms with Crippen molar-refractivity contribution in [3.05, 3.63) is 18.3 Å². The van der Waals surface area contributed by atoms with Crippen molar-refractivity contribution in [3.63, 3.8) is 0 Å². The number of amides is 2. The van der Waals surface area contributed by atoms with E-state index in [1.165, 1.54) is 18.2 Å². The summed E-state index contributed by atoms with van der Waals surface area (Å²) in [5, 5.41) is 2.72. The highest BCUT2D eigenvalue weighted by atomic mass is 16.6. The van der Waals surface area contributed by atoms with Gasteiger partial charge in [-0.3, -0.25) is 9.69 Å². The summed E-state index contributed by atoms with van der Waals surface area (Å²) in [7, 11) is 1.22. The van der Waals surface area contributed by atoms with Gasteiger partial charge in [0, 0.05) is 12.6 Å². The molecule has 2 atom stereocenters. The molecule has 2 aliphatic rings. The highest BCUT2D eigenvalue weighted by Crippen LogP contribution is 2.39. The van der Waals surface area contributed by atoms with Crippen LogP contribution in [0.2, 0.25) is 0 Å². The normalized spacial score (nSPS) is 24.5. The number of methoxy groups -OCH3 is 1. The fourth-order valence-electron chi connectivity index (χ4n) is 3.00. The predicted molar refractivity (Wildman–Crippen MR) is 89.6 cm³/mol. The average molecular weight is 363 g/mol. The van der Waals surface area contributed by atoms with Gasteiger partial charge in [0.1, 0.15) is 17.3 Å². The molecule has 3 heterocycles. The van der Waals surface area contributed by atoms with Gasteiger partial charge >= 0.3 is 12.1 Å². The van der Waals surface area contributed by atoms with Crippen LogP contribution in [0.4, 0.5) is 10.5 Å². The highest BCUT2D eigenvalue weighted by molar-refractivity contribution is 6.02. The molecule has 1 aromatic rings. The molecule has 2 amide bonds. The molecule has 3 rings (SSSR count). The molecule has 0 aromatic carbocycles. The molecule has 2 aliphatic heterocycles. The molecule has 9 heteroatoms. The number of hydrogen-bond donors (Lipinski definition) is 1. The zero-order valence-corrected chi connectivity index (χ0v) is 15.1. The van der Waals surface area contributed by atoms with Crippen LogP contribution in [0.3, 0.4) is 0 Å². The van der Waals surface area contributed by atoms with E-state index in [4.69, 9.17) is 14.2 Å². The van der Waals surface area contributed by atoms with Gasteiger partial charge in [-0.1, -0.05) is 0 Å². The second-order valence-corrected chi connectivity index (χ2v) is 7.26. The van der Waals surface area contributed by atoms with Gasteiger partial charge in [-0.05, 0) is 32.9 Å². The molecule has 26 heavy (non-hydrogen) atoms. The summed E-state index contributed by atoms with van der Waals surface area (Å²) >= 11 is 0. The molecule has 1 N–H and O–H groups in total. The van der Waals surface area contributed by atoms with Crippen LogP contribution < -0.4 is 10.1 Å². The van der Waals surface area contributed by atoms with Crippen molar-refractivity contribution in [3.8, 4) is 5.88 Å². The summed E-state index contributed by atoms with van der Waals surface area (Å²) in [5.41, 5.74) is -1.75. The number of likely N-dealkylation sites (tertiary alicyclic amines) is 1. The Labute approximate surface area is 150 Å². The lowest BCUT2D eigenvalue weighted by Gasteiger charge is -2.33. The minimum Gasteiger partial charge on any atom is -0.467 e. The number of anilines is 1. The SMILES string of the molecule is COC(=O)C1CC2(CN1C(=O)OC(C)(C)C)Oc1ncccc1NC2=O. The van der Waals surface area contributed by atoms with Gasteiger partial charge in [-0.2, -0.15) is 0 Å². The Balaban J connectivity index is 1.92. The lowest BCUT2D eigenvalue weighted by Crippen LogP contribution is -2.53. The fraction of sp³-hybridized carbons (Fsp3) is 0.529. The Kier molecular flexibility index (Phi) is 4.25. The van der Waals surface area contributed by atoms with E-state index in [0.717, 1.165) is 0 Å². The monoisotopic (exact) mass is 363 g/mol. The number of ether oxygens (including phenoxy) is 3. The number of pyridine rings is 1. The Morgan fingerprint density at radius 1 is 1.42 bits per heavy atom. The van der Waals surface area contributed by atoms with Crippen LogP contribution in [-0.2, 0) is 19.1 Å². The first-order valence-corrected chi connectivity index (χ1v) is 8.18. The number of carbonyl (C=O) groups excluding carboxylic acids is 3. The maximum atomic E-state index is 12.7. The number of carbonyl (C=O) groups is 3. The van der Waals surface area contributed by atoms with Gasteiger partial charge in [0.05, 0.1) is 13.7 Å². The third-order valence-electron chi connectivity index (χ3n) is 4.15. The van der Waals surface area contributed by atoms with Gasteiger partial charge in [0.2, 0.25) is 11.5 Å². The summed E-state index contributed by atoms with van der Waals surface area (Å²) in [6.45, 7) is 5.00. The Hall–Kier alpha value is -2.84. The standard InChI is InChI=1S/C17H21N3O6/c1-16(2,3)26-15(23)20-9-17(8-11(20)13(21)24-4)14(22)19-10-6-5-7-18-12(10)25-17/h5-7,11H,8-9H2,1-4H3,(H,19,22). The molecule has 1 fully saturated rings. The number of esters is 1. The van der Waals surface area contributed by atoms with Crippen LogP contribution in [0.5, 0.6) is 5.88 Å². The lowest BCUT2D eigenvalue weighted by atomic mass is 9.97. The highest BCUT2D eigenvalue weighted by Gasteiger charge is 2.58. The number of nitrogens with zero attached hydrogens (tertiary/aromatic N) is 2. The maximum Gasteiger partial charge on any atom is 0.411 e. The van der Waals surface area contributed by atoms with Gasteiger partial charge < -0.3 is 19.5 Å². The summed E-state index contributed by atoms with van der Waals surface area (Å²) in [5.74, 6) is -0.851. The molecule has 1 spiro atoms. The van der Waals surface area contributed by atoms with Crippen molar-refractivity contribution in [2.45, 2.75) is 44.4 Å². The van der Waals surface area contributed by atoms with Crippen molar-refractivity contribution in [2.75, 3.05) is 19.0 Å². The summed E-state index contributed by atoms with van der Waals surface area (Å²) in [6, 6.07) is 2.33. The van der Waals surface area contributed by atoms with Crippen LogP contribution in [-0.4, -0.2) is 58.8 Å². The Bertz CT molecular complexity index is 759. The molecular weight excluding hydrogens is 342 g/mol. The zero-order valence-electron chi connectivity index (χ0n) is 15.1. The van der Waals surface area contributed by atoms with Crippen LogP contribution in [0, 0.1) is 0 Å². The first-order chi connectivity index (χ1) is 12.1. The minimum absolute atomic E-state index is 0.0548. The Morgan fingerprint density at radius 3 is 2.81 bits per heavy atom. The maximum absolute atomic E-state index is 12.7. The molecule has 0 saturated carbocycles. The van der Waals surface area contributed by atoms with Crippen LogP contribution in [0.25, 0.3) is 0 Å². The number of rotatable bonds is 1. The van der Waals surface area contributed by atoms with Crippen LogP contribution >= 0.6 is 0 Å². The minimum atomic E-state index is -1.43. The van der Waals surface area contributed by atoms with Gasteiger partial charge in [-0.15, -0.1) is 0 Å².